The van der Waals surface area contributed by atoms with Gasteiger partial charge < -0.3 is 0 Å². The fourth-order valence-corrected chi connectivity index (χ4v) is 5.86. The Morgan fingerprint density at radius 1 is 1.08 bits per heavy atom. The van der Waals surface area contributed by atoms with Crippen LogP contribution in [0.3, 0.4) is 0 Å². The number of H-pyrrole nitrogens is 1. The number of nitrogens with one attached hydrogen (secondary N) is 1. The molecule has 0 aliphatic rings. The van der Waals surface area contributed by atoms with E-state index in [1.54, 1.807) is 23.9 Å². The van der Waals surface area contributed by atoms with Crippen molar-refractivity contribution < 1.29 is 0 Å². The van der Waals surface area contributed by atoms with Crippen LogP contribution in [0.4, 0.5) is 0 Å². The Labute approximate surface area is 226 Å². The predicted octanol–water partition coefficient (Wildman–Crippen LogP) is 7.69. The van der Waals surface area contributed by atoms with Gasteiger partial charge in [0.15, 0.2) is 0 Å². The second-order valence-electron chi connectivity index (χ2n) is 8.32. The maximum absolute atomic E-state index is 13.6. The smallest absolute Gasteiger partial charge is 0.282 e. The molecule has 5 aromatic rings. The van der Waals surface area contributed by atoms with E-state index in [9.17, 15) is 4.79 Å². The predicted molar refractivity (Wildman–Crippen MR) is 153 cm³/mol. The van der Waals surface area contributed by atoms with Crippen LogP contribution < -0.4 is 5.56 Å². The Hall–Kier alpha value is -2.84. The molecular weight excluding hydrogens is 531 g/mol. The summed E-state index contributed by atoms with van der Waals surface area (Å²) in [5.74, 6) is 0.588. The zero-order valence-corrected chi connectivity index (χ0v) is 22.7. The minimum absolute atomic E-state index is 0.163. The molecule has 0 atom stereocenters. The maximum atomic E-state index is 13.6. The summed E-state index contributed by atoms with van der Waals surface area (Å²) in [5.41, 5.74) is 4.85. The number of benzene rings is 3. The number of aromatic amines is 1. The van der Waals surface area contributed by atoms with Gasteiger partial charge in [-0.3, -0.25) is 14.9 Å². The second kappa shape index (κ2) is 10.6. The third-order valence-corrected chi connectivity index (χ3v) is 8.49. The number of hydrogen-bond acceptors (Lipinski definition) is 5. The fraction of sp³-hybridized carbons (Fsp3) is 0.148. The van der Waals surface area contributed by atoms with Crippen LogP contribution in [-0.4, -0.2) is 20.5 Å². The van der Waals surface area contributed by atoms with Crippen LogP contribution in [0.5, 0.6) is 0 Å². The first-order valence-corrected chi connectivity index (χ1v) is 13.8. The molecule has 5 rings (SSSR count). The zero-order chi connectivity index (χ0) is 25.2. The summed E-state index contributed by atoms with van der Waals surface area (Å²) in [5, 5.41) is 4.90. The molecule has 9 heteroatoms. The average molecular weight is 554 g/mol. The number of para-hydroxylation sites is 1. The Balaban J connectivity index is 1.52. The Morgan fingerprint density at radius 3 is 2.61 bits per heavy atom. The summed E-state index contributed by atoms with van der Waals surface area (Å²) < 4.78 is 2.56. The van der Waals surface area contributed by atoms with E-state index in [2.05, 4.69) is 41.3 Å². The molecule has 0 aliphatic carbocycles. The van der Waals surface area contributed by atoms with Crippen LogP contribution in [0.25, 0.3) is 15.3 Å². The van der Waals surface area contributed by atoms with Gasteiger partial charge in [0.2, 0.25) is 5.13 Å². The van der Waals surface area contributed by atoms with Crippen molar-refractivity contribution in [2.45, 2.75) is 31.0 Å². The standard InChI is InChI=1S/C27H22Cl2N4OS2/c1-16-7-10-19(11-8-16)35-15-23-25(17(2)30-14-18-9-12-20(28)21(29)13-18)26(34)33(32-23)27-31-22-5-3-4-6-24(22)36-27/h3-13,32H,14-15H2,1-2H3. The summed E-state index contributed by atoms with van der Waals surface area (Å²) >= 11 is 15.3. The topological polar surface area (TPSA) is 63.0 Å². The van der Waals surface area contributed by atoms with Gasteiger partial charge in [-0.15, -0.1) is 11.8 Å². The molecule has 36 heavy (non-hydrogen) atoms. The quantitative estimate of drug-likeness (QED) is 0.166. The van der Waals surface area contributed by atoms with Gasteiger partial charge in [-0.1, -0.05) is 70.4 Å². The van der Waals surface area contributed by atoms with Crippen LogP contribution in [0.2, 0.25) is 10.0 Å². The van der Waals surface area contributed by atoms with Crippen LogP contribution in [0.1, 0.15) is 29.3 Å². The van der Waals surface area contributed by atoms with Gasteiger partial charge in [0.1, 0.15) is 0 Å². The van der Waals surface area contributed by atoms with Gasteiger partial charge in [0.25, 0.3) is 5.56 Å². The minimum atomic E-state index is -0.163. The molecule has 0 fully saturated rings. The van der Waals surface area contributed by atoms with Crippen molar-refractivity contribution in [2.75, 3.05) is 0 Å². The molecule has 0 radical (unpaired) electrons. The first-order chi connectivity index (χ1) is 17.4. The fourth-order valence-electron chi connectivity index (χ4n) is 3.77. The van der Waals surface area contributed by atoms with Gasteiger partial charge in [0, 0.05) is 16.4 Å². The molecular formula is C27H22Cl2N4OS2. The lowest BCUT2D eigenvalue weighted by Crippen LogP contribution is -2.19. The molecule has 0 aliphatic heterocycles. The molecule has 182 valence electrons. The molecule has 0 unspecified atom stereocenters. The lowest BCUT2D eigenvalue weighted by atomic mass is 10.1. The Kier molecular flexibility index (Phi) is 7.34. The maximum Gasteiger partial charge on any atom is 0.282 e. The van der Waals surface area contributed by atoms with Crippen molar-refractivity contribution in [1.29, 1.82) is 0 Å². The lowest BCUT2D eigenvalue weighted by molar-refractivity contribution is 0.827. The van der Waals surface area contributed by atoms with Crippen LogP contribution in [0.15, 0.2) is 81.4 Å². The molecule has 0 amide bonds. The Morgan fingerprint density at radius 2 is 1.86 bits per heavy atom. The van der Waals surface area contributed by atoms with E-state index < -0.39 is 0 Å². The van der Waals surface area contributed by atoms with E-state index in [-0.39, 0.29) is 5.56 Å². The number of aromatic nitrogens is 3. The number of thioether (sulfide) groups is 1. The second-order valence-corrected chi connectivity index (χ2v) is 11.2. The molecule has 0 spiro atoms. The van der Waals surface area contributed by atoms with Crippen LogP contribution >= 0.6 is 46.3 Å². The average Bonchev–Trinajstić information content (AvgIpc) is 3.45. The lowest BCUT2D eigenvalue weighted by Gasteiger charge is -2.05. The van der Waals surface area contributed by atoms with E-state index >= 15 is 0 Å². The molecule has 3 aromatic carbocycles. The molecule has 0 bridgehead atoms. The number of fused-ring (bicyclic) bond motifs is 1. The number of nitrogens with zero attached hydrogens (tertiary/aromatic N) is 3. The normalized spacial score (nSPS) is 11.9. The molecule has 2 heterocycles. The molecule has 1 N–H and O–H groups in total. The number of rotatable bonds is 7. The van der Waals surface area contributed by atoms with Crippen molar-refractivity contribution >= 4 is 62.2 Å². The van der Waals surface area contributed by atoms with Crippen molar-refractivity contribution in [1.82, 2.24) is 14.8 Å². The highest BCUT2D eigenvalue weighted by Crippen LogP contribution is 2.27. The van der Waals surface area contributed by atoms with Crippen LogP contribution in [-0.2, 0) is 12.3 Å². The van der Waals surface area contributed by atoms with E-state index in [0.29, 0.717) is 38.7 Å². The van der Waals surface area contributed by atoms with Crippen molar-refractivity contribution in [3.8, 4) is 5.13 Å². The van der Waals surface area contributed by atoms with Crippen LogP contribution in [0, 0.1) is 6.92 Å². The number of aliphatic imine (C=N–C) groups is 1. The number of hydrogen-bond donors (Lipinski definition) is 1. The van der Waals surface area contributed by atoms with Crippen molar-refractivity contribution in [2.24, 2.45) is 4.99 Å². The number of halogens is 2. The van der Waals surface area contributed by atoms with Gasteiger partial charge in [-0.2, -0.15) is 4.68 Å². The molecule has 2 aromatic heterocycles. The summed E-state index contributed by atoms with van der Waals surface area (Å²) in [6.07, 6.45) is 0. The monoisotopic (exact) mass is 552 g/mol. The van der Waals surface area contributed by atoms with Crippen molar-refractivity contribution in [3.05, 3.63) is 110 Å². The number of aryl methyl sites for hydroxylation is 1. The zero-order valence-electron chi connectivity index (χ0n) is 19.6. The van der Waals surface area contributed by atoms with Gasteiger partial charge in [-0.05, 0) is 55.8 Å². The number of thiazole rings is 1. The summed E-state index contributed by atoms with van der Waals surface area (Å²) in [4.78, 5) is 24.2. The highest BCUT2D eigenvalue weighted by atomic mass is 35.5. The third kappa shape index (κ3) is 5.30. The summed E-state index contributed by atoms with van der Waals surface area (Å²) in [6, 6.07) is 21.7. The van der Waals surface area contributed by atoms with E-state index in [1.807, 2.05) is 37.3 Å². The SMILES string of the molecule is CC(=NCc1ccc(Cl)c(Cl)c1)c1c(CSc2ccc(C)cc2)[nH]n(-c2nc3ccccc3s2)c1=O. The third-order valence-electron chi connectivity index (χ3n) is 5.69. The van der Waals surface area contributed by atoms with Crippen molar-refractivity contribution in [3.63, 3.8) is 0 Å². The minimum Gasteiger partial charge on any atom is -0.291 e. The van der Waals surface area contributed by atoms with E-state index in [0.717, 1.165) is 26.4 Å². The molecule has 0 saturated heterocycles. The summed E-state index contributed by atoms with van der Waals surface area (Å²) in [7, 11) is 0. The van der Waals surface area contributed by atoms with E-state index in [4.69, 9.17) is 28.2 Å². The molecule has 0 saturated carbocycles. The first-order valence-electron chi connectivity index (χ1n) is 11.2. The van der Waals surface area contributed by atoms with Gasteiger partial charge >= 0.3 is 0 Å². The first kappa shape index (κ1) is 24.8. The molecule has 5 nitrogen and oxygen atoms in total. The largest absolute Gasteiger partial charge is 0.291 e. The summed E-state index contributed by atoms with van der Waals surface area (Å²) in [6.45, 7) is 4.32. The van der Waals surface area contributed by atoms with Gasteiger partial charge in [0.05, 0.1) is 38.1 Å². The highest BCUT2D eigenvalue weighted by molar-refractivity contribution is 7.98. The highest BCUT2D eigenvalue weighted by Gasteiger charge is 2.20. The van der Waals surface area contributed by atoms with Gasteiger partial charge in [-0.25, -0.2) is 4.98 Å². The van der Waals surface area contributed by atoms with E-state index in [1.165, 1.54) is 21.6 Å². The Bertz CT molecular complexity index is 1600.